The molecule has 0 saturated heterocycles. The van der Waals surface area contributed by atoms with Crippen LogP contribution in [0.25, 0.3) is 17.0 Å². The van der Waals surface area contributed by atoms with Crippen LogP contribution in [0.15, 0.2) is 48.9 Å². The summed E-state index contributed by atoms with van der Waals surface area (Å²) in [5, 5.41) is 17.6. The summed E-state index contributed by atoms with van der Waals surface area (Å²) in [5.41, 5.74) is 3.66. The minimum Gasteiger partial charge on any atom is -0.481 e. The maximum atomic E-state index is 13.7. The Balaban J connectivity index is 1.66. The van der Waals surface area contributed by atoms with E-state index in [1.165, 1.54) is 13.2 Å². The molecular formula is C22H23FN6O2. The minimum absolute atomic E-state index is 0.303. The van der Waals surface area contributed by atoms with Gasteiger partial charge in [0.05, 0.1) is 37.3 Å². The summed E-state index contributed by atoms with van der Waals surface area (Å²) in [6.45, 7) is 3.62. The van der Waals surface area contributed by atoms with Crippen LogP contribution in [0.3, 0.4) is 0 Å². The van der Waals surface area contributed by atoms with Crippen molar-refractivity contribution in [1.82, 2.24) is 24.6 Å². The predicted octanol–water partition coefficient (Wildman–Crippen LogP) is 3.43. The lowest BCUT2D eigenvalue weighted by molar-refractivity contribution is 0.195. The van der Waals surface area contributed by atoms with Crippen LogP contribution in [-0.2, 0) is 6.42 Å². The Kier molecular flexibility index (Phi) is 5.77. The van der Waals surface area contributed by atoms with Gasteiger partial charge in [0.2, 0.25) is 5.88 Å². The Bertz CT molecular complexity index is 1210. The zero-order valence-corrected chi connectivity index (χ0v) is 17.5. The zero-order valence-electron chi connectivity index (χ0n) is 17.5. The van der Waals surface area contributed by atoms with Crippen LogP contribution in [0.1, 0.15) is 31.0 Å². The van der Waals surface area contributed by atoms with Crippen LogP contribution in [-0.4, -0.2) is 42.9 Å². The molecule has 9 heteroatoms. The van der Waals surface area contributed by atoms with Gasteiger partial charge in [0.1, 0.15) is 17.3 Å². The molecule has 0 aromatic carbocycles. The van der Waals surface area contributed by atoms with Gasteiger partial charge in [-0.05, 0) is 56.2 Å². The number of pyridine rings is 2. The topological polar surface area (TPSA) is 97.5 Å². The lowest BCUT2D eigenvalue weighted by Crippen LogP contribution is -2.12. The number of nitrogens with one attached hydrogen (secondary N) is 1. The van der Waals surface area contributed by atoms with Crippen LogP contribution in [0.4, 0.5) is 10.2 Å². The van der Waals surface area contributed by atoms with Crippen molar-refractivity contribution >= 4 is 11.5 Å². The summed E-state index contributed by atoms with van der Waals surface area (Å²) in [6.07, 6.45) is 4.63. The maximum Gasteiger partial charge on any atom is 0.218 e. The van der Waals surface area contributed by atoms with Gasteiger partial charge in [-0.25, -0.2) is 18.9 Å². The largest absolute Gasteiger partial charge is 0.481 e. The molecule has 4 rings (SSSR count). The first-order valence-corrected chi connectivity index (χ1v) is 9.88. The summed E-state index contributed by atoms with van der Waals surface area (Å²) in [7, 11) is 1.50. The third-order valence-corrected chi connectivity index (χ3v) is 4.85. The Labute approximate surface area is 178 Å². The van der Waals surface area contributed by atoms with E-state index < -0.39 is 11.9 Å². The number of nitrogens with zero attached hydrogens (tertiary/aromatic N) is 5. The van der Waals surface area contributed by atoms with Crippen molar-refractivity contribution in [2.75, 3.05) is 12.4 Å². The number of hydrogen-bond donors (Lipinski definition) is 2. The van der Waals surface area contributed by atoms with Crippen LogP contribution >= 0.6 is 0 Å². The van der Waals surface area contributed by atoms with E-state index in [1.54, 1.807) is 29.9 Å². The molecule has 4 heterocycles. The average molecular weight is 422 g/mol. The van der Waals surface area contributed by atoms with Crippen molar-refractivity contribution in [3.63, 3.8) is 0 Å². The standard InChI is InChI=1S/C22H23FN6O2/c1-13(30)8-15-6-7-24-18(9-15)19-12-25-21-5-4-20(28-29(19)21)27-14(2)17-10-16(23)11-26-22(17)31-3/h4-7,9-14,30H,8H2,1-3H3,(H,27,28)/t13-,14+/m0/s1. The fourth-order valence-corrected chi connectivity index (χ4v) is 3.43. The highest BCUT2D eigenvalue weighted by Gasteiger charge is 2.16. The highest BCUT2D eigenvalue weighted by molar-refractivity contribution is 5.61. The fourth-order valence-electron chi connectivity index (χ4n) is 3.43. The van der Waals surface area contributed by atoms with E-state index in [2.05, 4.69) is 25.4 Å². The van der Waals surface area contributed by atoms with Gasteiger partial charge in [-0.2, -0.15) is 0 Å². The van der Waals surface area contributed by atoms with Gasteiger partial charge in [-0.15, -0.1) is 5.10 Å². The Hall–Kier alpha value is -3.59. The van der Waals surface area contributed by atoms with Gasteiger partial charge in [0.25, 0.3) is 0 Å². The second-order valence-electron chi connectivity index (χ2n) is 7.35. The Morgan fingerprint density at radius 2 is 1.97 bits per heavy atom. The van der Waals surface area contributed by atoms with Gasteiger partial charge < -0.3 is 15.2 Å². The predicted molar refractivity (Wildman–Crippen MR) is 114 cm³/mol. The molecule has 0 aliphatic rings. The number of imidazole rings is 1. The number of aliphatic hydroxyl groups excluding tert-OH is 1. The van der Waals surface area contributed by atoms with Crippen molar-refractivity contribution in [2.24, 2.45) is 0 Å². The van der Waals surface area contributed by atoms with Crippen LogP contribution < -0.4 is 10.1 Å². The lowest BCUT2D eigenvalue weighted by atomic mass is 10.1. The first kappa shape index (κ1) is 20.7. The number of halogens is 1. The molecule has 2 N–H and O–H groups in total. The first-order valence-electron chi connectivity index (χ1n) is 9.88. The van der Waals surface area contributed by atoms with E-state index in [0.29, 0.717) is 35.0 Å². The zero-order chi connectivity index (χ0) is 22.0. The Morgan fingerprint density at radius 3 is 2.74 bits per heavy atom. The molecule has 4 aromatic rings. The number of fused-ring (bicyclic) bond motifs is 1. The number of aliphatic hydroxyl groups is 1. The molecule has 0 bridgehead atoms. The summed E-state index contributed by atoms with van der Waals surface area (Å²) < 4.78 is 20.7. The second kappa shape index (κ2) is 8.65. The molecule has 0 spiro atoms. The minimum atomic E-state index is -0.442. The number of anilines is 1. The third kappa shape index (κ3) is 4.46. The van der Waals surface area contributed by atoms with Crippen LogP contribution in [0, 0.1) is 5.82 Å². The molecule has 0 saturated carbocycles. The van der Waals surface area contributed by atoms with Crippen molar-refractivity contribution in [3.05, 3.63) is 65.9 Å². The molecular weight excluding hydrogens is 399 g/mol. The molecule has 0 fully saturated rings. The molecule has 0 amide bonds. The van der Waals surface area contributed by atoms with Crippen LogP contribution in [0.5, 0.6) is 5.88 Å². The van der Waals surface area contributed by atoms with Crippen LogP contribution in [0.2, 0.25) is 0 Å². The monoisotopic (exact) mass is 422 g/mol. The average Bonchev–Trinajstić information content (AvgIpc) is 3.16. The number of aromatic nitrogens is 5. The second-order valence-corrected chi connectivity index (χ2v) is 7.35. The van der Waals surface area contributed by atoms with Gasteiger partial charge in [0, 0.05) is 11.8 Å². The molecule has 0 radical (unpaired) electrons. The first-order chi connectivity index (χ1) is 14.9. The number of ether oxygens (including phenoxy) is 1. The highest BCUT2D eigenvalue weighted by atomic mass is 19.1. The molecule has 0 unspecified atom stereocenters. The molecule has 2 atom stereocenters. The number of hydrogen-bond acceptors (Lipinski definition) is 7. The lowest BCUT2D eigenvalue weighted by Gasteiger charge is -2.17. The van der Waals surface area contributed by atoms with E-state index in [9.17, 15) is 9.50 Å². The summed E-state index contributed by atoms with van der Waals surface area (Å²) in [6, 6.07) is 8.53. The third-order valence-electron chi connectivity index (χ3n) is 4.85. The van der Waals surface area contributed by atoms with E-state index in [4.69, 9.17) is 4.74 Å². The summed E-state index contributed by atoms with van der Waals surface area (Å²) in [5.74, 6) is 0.489. The van der Waals surface area contributed by atoms with Crippen molar-refractivity contribution < 1.29 is 14.2 Å². The molecule has 0 aliphatic carbocycles. The van der Waals surface area contributed by atoms with E-state index in [0.717, 1.165) is 17.5 Å². The van der Waals surface area contributed by atoms with Gasteiger partial charge in [0.15, 0.2) is 5.65 Å². The van der Waals surface area contributed by atoms with Gasteiger partial charge >= 0.3 is 0 Å². The van der Waals surface area contributed by atoms with Gasteiger partial charge in [-0.1, -0.05) is 0 Å². The molecule has 160 valence electrons. The molecule has 8 nitrogen and oxygen atoms in total. The number of rotatable bonds is 7. The Morgan fingerprint density at radius 1 is 1.13 bits per heavy atom. The quantitative estimate of drug-likeness (QED) is 0.471. The van der Waals surface area contributed by atoms with E-state index in [1.807, 2.05) is 25.1 Å². The van der Waals surface area contributed by atoms with Gasteiger partial charge in [-0.3, -0.25) is 4.98 Å². The van der Waals surface area contributed by atoms with E-state index >= 15 is 0 Å². The summed E-state index contributed by atoms with van der Waals surface area (Å²) in [4.78, 5) is 12.8. The van der Waals surface area contributed by atoms with Crippen molar-refractivity contribution in [3.8, 4) is 17.3 Å². The SMILES string of the molecule is COc1ncc(F)cc1[C@@H](C)Nc1ccc2ncc(-c3cc(C[C@H](C)O)ccn3)n2n1. The highest BCUT2D eigenvalue weighted by Crippen LogP contribution is 2.27. The van der Waals surface area contributed by atoms with E-state index in [-0.39, 0.29) is 6.04 Å². The molecule has 0 aliphatic heterocycles. The fraction of sp³-hybridized carbons (Fsp3) is 0.273. The molecule has 4 aromatic heterocycles. The van der Waals surface area contributed by atoms with Crippen molar-refractivity contribution in [1.29, 1.82) is 0 Å². The maximum absolute atomic E-state index is 13.7. The number of methoxy groups -OCH3 is 1. The smallest absolute Gasteiger partial charge is 0.218 e. The van der Waals surface area contributed by atoms with Crippen molar-refractivity contribution in [2.45, 2.75) is 32.4 Å². The molecule has 31 heavy (non-hydrogen) atoms. The summed E-state index contributed by atoms with van der Waals surface area (Å²) >= 11 is 0. The normalized spacial score (nSPS) is 13.2.